The quantitative estimate of drug-likeness (QED) is 0.749. The summed E-state index contributed by atoms with van der Waals surface area (Å²) in [5.41, 5.74) is 0.445. The van der Waals surface area contributed by atoms with Crippen LogP contribution in [0.1, 0.15) is 32.6 Å². The van der Waals surface area contributed by atoms with Crippen molar-refractivity contribution < 1.29 is 9.84 Å². The summed E-state index contributed by atoms with van der Waals surface area (Å²) in [4.78, 5) is 2.51. The van der Waals surface area contributed by atoms with Crippen LogP contribution in [0, 0.1) is 5.41 Å². The molecule has 0 amide bonds. The lowest BCUT2D eigenvalue weighted by atomic mass is 9.81. The first-order chi connectivity index (χ1) is 7.18. The van der Waals surface area contributed by atoms with Crippen molar-refractivity contribution >= 4 is 0 Å². The Labute approximate surface area is 92.4 Å². The number of ether oxygens (including phenoxy) is 1. The second-order valence-corrected chi connectivity index (χ2v) is 5.43. The minimum absolute atomic E-state index is 0.0521. The highest BCUT2D eigenvalue weighted by Crippen LogP contribution is 2.31. The van der Waals surface area contributed by atoms with E-state index in [1.807, 2.05) is 0 Å². The van der Waals surface area contributed by atoms with Crippen LogP contribution >= 0.6 is 0 Å². The average molecular weight is 213 g/mol. The normalized spacial score (nSPS) is 29.2. The molecule has 0 bridgehead atoms. The third-order valence-electron chi connectivity index (χ3n) is 3.86. The molecular formula is C12H23NO2. The fraction of sp³-hybridized carbons (Fsp3) is 1.00. The lowest BCUT2D eigenvalue weighted by Gasteiger charge is -2.40. The summed E-state index contributed by atoms with van der Waals surface area (Å²) in [7, 11) is 0. The number of piperidine rings is 1. The van der Waals surface area contributed by atoms with E-state index < -0.39 is 0 Å². The Hall–Kier alpha value is -0.120. The zero-order valence-corrected chi connectivity index (χ0v) is 9.74. The lowest BCUT2D eigenvalue weighted by molar-refractivity contribution is -0.00717. The highest BCUT2D eigenvalue weighted by atomic mass is 16.5. The molecule has 3 nitrogen and oxygen atoms in total. The van der Waals surface area contributed by atoms with Crippen molar-refractivity contribution in [2.75, 3.05) is 32.8 Å². The van der Waals surface area contributed by atoms with E-state index >= 15 is 0 Å². The second-order valence-electron chi connectivity index (χ2n) is 5.43. The molecule has 3 heteroatoms. The van der Waals surface area contributed by atoms with Gasteiger partial charge < -0.3 is 14.7 Å². The fourth-order valence-electron chi connectivity index (χ4n) is 2.64. The van der Waals surface area contributed by atoms with Gasteiger partial charge in [-0.15, -0.1) is 0 Å². The number of aliphatic hydroxyl groups excluding tert-OH is 1. The fourth-order valence-corrected chi connectivity index (χ4v) is 2.64. The molecule has 0 atom stereocenters. The van der Waals surface area contributed by atoms with Crippen molar-refractivity contribution in [3.63, 3.8) is 0 Å². The van der Waals surface area contributed by atoms with Crippen LogP contribution in [0.15, 0.2) is 0 Å². The van der Waals surface area contributed by atoms with Crippen molar-refractivity contribution in [1.29, 1.82) is 0 Å². The maximum absolute atomic E-state index is 9.45. The van der Waals surface area contributed by atoms with Crippen LogP contribution in [0.3, 0.4) is 0 Å². The molecule has 2 aliphatic rings. The minimum atomic E-state index is -0.0521. The molecule has 0 aliphatic carbocycles. The zero-order valence-electron chi connectivity index (χ0n) is 9.74. The summed E-state index contributed by atoms with van der Waals surface area (Å²) in [5, 5.41) is 9.45. The van der Waals surface area contributed by atoms with Crippen LogP contribution in [-0.4, -0.2) is 49.0 Å². The molecule has 2 rings (SSSR count). The van der Waals surface area contributed by atoms with Gasteiger partial charge in [-0.3, -0.25) is 0 Å². The molecule has 15 heavy (non-hydrogen) atoms. The summed E-state index contributed by atoms with van der Waals surface area (Å²) in [5.74, 6) is 0. The van der Waals surface area contributed by atoms with Crippen LogP contribution in [0.4, 0.5) is 0 Å². The summed E-state index contributed by atoms with van der Waals surface area (Å²) in [6.07, 6.45) is 4.22. The maximum Gasteiger partial charge on any atom is 0.0564 e. The number of hydrogen-bond donors (Lipinski definition) is 1. The number of hydrogen-bond acceptors (Lipinski definition) is 3. The number of rotatable bonds is 2. The Balaban J connectivity index is 1.80. The van der Waals surface area contributed by atoms with E-state index in [0.717, 1.165) is 39.1 Å². The van der Waals surface area contributed by atoms with Gasteiger partial charge in [0.25, 0.3) is 0 Å². The van der Waals surface area contributed by atoms with Crippen LogP contribution in [0.25, 0.3) is 0 Å². The molecule has 0 aromatic rings. The third-order valence-corrected chi connectivity index (χ3v) is 3.86. The van der Waals surface area contributed by atoms with Gasteiger partial charge in [-0.1, -0.05) is 6.92 Å². The highest BCUT2D eigenvalue weighted by Gasteiger charge is 2.30. The van der Waals surface area contributed by atoms with Crippen LogP contribution in [0.2, 0.25) is 0 Å². The van der Waals surface area contributed by atoms with Crippen LogP contribution in [0.5, 0.6) is 0 Å². The van der Waals surface area contributed by atoms with E-state index in [2.05, 4.69) is 11.8 Å². The van der Waals surface area contributed by atoms with Gasteiger partial charge in [-0.25, -0.2) is 0 Å². The Morgan fingerprint density at radius 1 is 1.27 bits per heavy atom. The van der Waals surface area contributed by atoms with Crippen LogP contribution < -0.4 is 0 Å². The smallest absolute Gasteiger partial charge is 0.0564 e. The predicted molar refractivity (Wildman–Crippen MR) is 59.8 cm³/mol. The first kappa shape index (κ1) is 11.4. The van der Waals surface area contributed by atoms with Crippen molar-refractivity contribution in [3.8, 4) is 0 Å². The third kappa shape index (κ3) is 3.16. The predicted octanol–water partition coefficient (Wildman–Crippen LogP) is 1.26. The number of aliphatic hydroxyl groups is 1. The Morgan fingerprint density at radius 3 is 2.47 bits per heavy atom. The summed E-state index contributed by atoms with van der Waals surface area (Å²) in [6, 6.07) is 0. The molecule has 0 aromatic heterocycles. The van der Waals surface area contributed by atoms with Gasteiger partial charge in [0.15, 0.2) is 0 Å². The first-order valence-electron chi connectivity index (χ1n) is 6.16. The molecule has 1 N–H and O–H groups in total. The summed E-state index contributed by atoms with van der Waals surface area (Å²) in [6.45, 7) is 7.54. The molecule has 0 unspecified atom stereocenters. The SMILES string of the molecule is CC1(CN2CCC(O)CC2)CCOCC1. The van der Waals surface area contributed by atoms with Crippen LogP contribution in [-0.2, 0) is 4.74 Å². The monoisotopic (exact) mass is 213 g/mol. The molecule has 0 aromatic carbocycles. The van der Waals surface area contributed by atoms with E-state index in [9.17, 15) is 5.11 Å². The van der Waals surface area contributed by atoms with Crippen molar-refractivity contribution in [3.05, 3.63) is 0 Å². The van der Waals surface area contributed by atoms with E-state index in [-0.39, 0.29) is 6.10 Å². The number of nitrogens with zero attached hydrogens (tertiary/aromatic N) is 1. The summed E-state index contributed by atoms with van der Waals surface area (Å²) >= 11 is 0. The summed E-state index contributed by atoms with van der Waals surface area (Å²) < 4.78 is 5.41. The molecule has 0 saturated carbocycles. The molecular weight excluding hydrogens is 190 g/mol. The van der Waals surface area contributed by atoms with Gasteiger partial charge >= 0.3 is 0 Å². The number of likely N-dealkylation sites (tertiary alicyclic amines) is 1. The Morgan fingerprint density at radius 2 is 1.87 bits per heavy atom. The maximum atomic E-state index is 9.45. The molecule has 0 spiro atoms. The molecule has 2 fully saturated rings. The Kier molecular flexibility index (Phi) is 3.65. The van der Waals surface area contributed by atoms with Gasteiger partial charge in [0.05, 0.1) is 6.10 Å². The van der Waals surface area contributed by atoms with Gasteiger partial charge in [-0.2, -0.15) is 0 Å². The van der Waals surface area contributed by atoms with E-state index in [1.165, 1.54) is 19.4 Å². The average Bonchev–Trinajstić information content (AvgIpc) is 2.22. The second kappa shape index (κ2) is 4.81. The zero-order chi connectivity index (χ0) is 10.7. The standard InChI is InChI=1S/C12H23NO2/c1-12(4-8-15-9-5-12)10-13-6-2-11(14)3-7-13/h11,14H,2-10H2,1H3. The van der Waals surface area contributed by atoms with Gasteiger partial charge in [0.1, 0.15) is 0 Å². The molecule has 2 aliphatic heterocycles. The Bertz CT molecular complexity index is 194. The van der Waals surface area contributed by atoms with Gasteiger partial charge in [0, 0.05) is 32.8 Å². The van der Waals surface area contributed by atoms with E-state index in [1.54, 1.807) is 0 Å². The molecule has 2 saturated heterocycles. The van der Waals surface area contributed by atoms with Gasteiger partial charge in [-0.05, 0) is 31.1 Å². The van der Waals surface area contributed by atoms with E-state index in [4.69, 9.17) is 4.74 Å². The minimum Gasteiger partial charge on any atom is -0.393 e. The van der Waals surface area contributed by atoms with E-state index in [0.29, 0.717) is 5.41 Å². The highest BCUT2D eigenvalue weighted by molar-refractivity contribution is 4.83. The molecule has 0 radical (unpaired) electrons. The molecule has 2 heterocycles. The molecule has 88 valence electrons. The van der Waals surface area contributed by atoms with Crippen molar-refractivity contribution in [2.45, 2.75) is 38.7 Å². The van der Waals surface area contributed by atoms with Crippen molar-refractivity contribution in [2.24, 2.45) is 5.41 Å². The van der Waals surface area contributed by atoms with Crippen molar-refractivity contribution in [1.82, 2.24) is 4.90 Å². The van der Waals surface area contributed by atoms with Gasteiger partial charge in [0.2, 0.25) is 0 Å². The largest absolute Gasteiger partial charge is 0.393 e. The topological polar surface area (TPSA) is 32.7 Å². The lowest BCUT2D eigenvalue weighted by Crippen LogP contribution is -2.44. The first-order valence-corrected chi connectivity index (χ1v) is 6.16.